The normalized spacial score (nSPS) is 11.8. The van der Waals surface area contributed by atoms with Gasteiger partial charge in [0.15, 0.2) is 5.78 Å². The van der Waals surface area contributed by atoms with Crippen LogP contribution in [0.25, 0.3) is 0 Å². The zero-order valence-electron chi connectivity index (χ0n) is 9.06. The molecule has 1 aromatic heterocycles. The number of rotatable bonds is 3. The molecule has 0 amide bonds. The van der Waals surface area contributed by atoms with Crippen LogP contribution in [-0.2, 0) is 0 Å². The number of nitriles is 1. The molecule has 0 radical (unpaired) electrons. The van der Waals surface area contributed by atoms with Crippen molar-refractivity contribution in [3.63, 3.8) is 0 Å². The Labute approximate surface area is 118 Å². The molecule has 2 rings (SSSR count). The minimum atomic E-state index is -0.790. The third-order valence-electron chi connectivity index (χ3n) is 2.42. The molecule has 0 spiro atoms. The topological polar surface area (TPSA) is 40.9 Å². The largest absolute Gasteiger partial charge is 0.292 e. The van der Waals surface area contributed by atoms with Gasteiger partial charge >= 0.3 is 0 Å². The van der Waals surface area contributed by atoms with Crippen LogP contribution >= 0.6 is 34.5 Å². The smallest absolute Gasteiger partial charge is 0.185 e. The molecule has 0 bridgehead atoms. The van der Waals surface area contributed by atoms with Gasteiger partial charge in [0.1, 0.15) is 5.92 Å². The number of thiophene rings is 1. The quantitative estimate of drug-likeness (QED) is 0.780. The van der Waals surface area contributed by atoms with Crippen LogP contribution in [0.3, 0.4) is 0 Å². The number of Topliss-reactive ketones (excluding diaryl/α,β-unsaturated/α-hetero) is 1. The van der Waals surface area contributed by atoms with Gasteiger partial charge in [-0.05, 0) is 29.6 Å². The summed E-state index contributed by atoms with van der Waals surface area (Å²) < 4.78 is 0. The molecule has 0 aliphatic carbocycles. The van der Waals surface area contributed by atoms with Crippen LogP contribution in [0.5, 0.6) is 0 Å². The van der Waals surface area contributed by atoms with E-state index in [1.54, 1.807) is 18.2 Å². The zero-order chi connectivity index (χ0) is 13.1. The van der Waals surface area contributed by atoms with Crippen molar-refractivity contribution in [3.05, 3.63) is 56.2 Å². The van der Waals surface area contributed by atoms with Gasteiger partial charge in [-0.3, -0.25) is 4.79 Å². The van der Waals surface area contributed by atoms with E-state index in [-0.39, 0.29) is 5.78 Å². The van der Waals surface area contributed by atoms with Gasteiger partial charge in [-0.1, -0.05) is 29.3 Å². The summed E-state index contributed by atoms with van der Waals surface area (Å²) in [6.45, 7) is 0. The Morgan fingerprint density at radius 1 is 1.28 bits per heavy atom. The van der Waals surface area contributed by atoms with Gasteiger partial charge in [0.2, 0.25) is 0 Å². The van der Waals surface area contributed by atoms with Crippen LogP contribution in [0, 0.1) is 11.3 Å². The van der Waals surface area contributed by atoms with Crippen molar-refractivity contribution < 1.29 is 4.79 Å². The summed E-state index contributed by atoms with van der Waals surface area (Å²) in [6.07, 6.45) is 0. The van der Waals surface area contributed by atoms with E-state index in [0.717, 1.165) is 4.88 Å². The van der Waals surface area contributed by atoms with Gasteiger partial charge in [0.05, 0.1) is 16.1 Å². The predicted octanol–water partition coefficient (Wildman–Crippen LogP) is 4.54. The molecule has 5 heteroatoms. The van der Waals surface area contributed by atoms with E-state index >= 15 is 0 Å². The summed E-state index contributed by atoms with van der Waals surface area (Å²) >= 11 is 13.0. The van der Waals surface area contributed by atoms with Gasteiger partial charge in [-0.2, -0.15) is 5.26 Å². The van der Waals surface area contributed by atoms with E-state index in [1.165, 1.54) is 17.4 Å². The summed E-state index contributed by atoms with van der Waals surface area (Å²) in [5.41, 5.74) is 0.393. The molecular formula is C13H7Cl2NOS. The number of ketones is 1. The van der Waals surface area contributed by atoms with Gasteiger partial charge in [-0.25, -0.2) is 0 Å². The van der Waals surface area contributed by atoms with Crippen LogP contribution in [-0.4, -0.2) is 5.78 Å². The Morgan fingerprint density at radius 3 is 2.61 bits per heavy atom. The highest BCUT2D eigenvalue weighted by atomic mass is 35.5. The Kier molecular flexibility index (Phi) is 4.03. The maximum absolute atomic E-state index is 12.2. The summed E-state index contributed by atoms with van der Waals surface area (Å²) in [6, 6.07) is 10.2. The fourth-order valence-corrected chi connectivity index (χ4v) is 2.59. The first-order valence-electron chi connectivity index (χ1n) is 5.05. The summed E-state index contributed by atoms with van der Waals surface area (Å²) in [5.74, 6) is -1.05. The molecule has 90 valence electrons. The first-order chi connectivity index (χ1) is 8.63. The molecule has 1 heterocycles. The first kappa shape index (κ1) is 13.1. The lowest BCUT2D eigenvalue weighted by molar-refractivity contribution is 0.0980. The monoisotopic (exact) mass is 295 g/mol. The minimum absolute atomic E-state index is 0.265. The minimum Gasteiger partial charge on any atom is -0.292 e. The Hall–Kier alpha value is -1.34. The second kappa shape index (κ2) is 5.53. The maximum atomic E-state index is 12.2. The number of carbonyl (C=O) groups is 1. The van der Waals surface area contributed by atoms with Crippen LogP contribution in [0.1, 0.15) is 21.2 Å². The van der Waals surface area contributed by atoms with E-state index in [1.807, 2.05) is 17.5 Å². The molecule has 1 atom stereocenters. The molecule has 0 N–H and O–H groups in total. The molecule has 0 aliphatic heterocycles. The van der Waals surface area contributed by atoms with Crippen molar-refractivity contribution in [1.29, 1.82) is 5.26 Å². The highest BCUT2D eigenvalue weighted by Gasteiger charge is 2.23. The van der Waals surface area contributed by atoms with Crippen molar-refractivity contribution in [2.24, 2.45) is 0 Å². The van der Waals surface area contributed by atoms with Crippen LogP contribution in [0.15, 0.2) is 35.7 Å². The van der Waals surface area contributed by atoms with Gasteiger partial charge in [0.25, 0.3) is 0 Å². The molecule has 0 fully saturated rings. The van der Waals surface area contributed by atoms with E-state index in [4.69, 9.17) is 28.5 Å². The zero-order valence-corrected chi connectivity index (χ0v) is 11.4. The van der Waals surface area contributed by atoms with Crippen LogP contribution in [0.2, 0.25) is 10.0 Å². The van der Waals surface area contributed by atoms with Gasteiger partial charge < -0.3 is 0 Å². The SMILES string of the molecule is N#CC(C(=O)c1ccc(Cl)c(Cl)c1)c1cccs1. The average Bonchev–Trinajstić information content (AvgIpc) is 2.87. The van der Waals surface area contributed by atoms with Gasteiger partial charge in [-0.15, -0.1) is 11.3 Å². The predicted molar refractivity (Wildman–Crippen MR) is 73.5 cm³/mol. The molecular weight excluding hydrogens is 289 g/mol. The summed E-state index contributed by atoms with van der Waals surface area (Å²) in [5, 5.41) is 11.7. The van der Waals surface area contributed by atoms with E-state index in [0.29, 0.717) is 15.6 Å². The first-order valence-corrected chi connectivity index (χ1v) is 6.69. The highest BCUT2D eigenvalue weighted by Crippen LogP contribution is 2.28. The molecule has 2 nitrogen and oxygen atoms in total. The fourth-order valence-electron chi connectivity index (χ4n) is 1.52. The molecule has 1 aromatic carbocycles. The molecule has 2 aromatic rings. The number of carbonyl (C=O) groups excluding carboxylic acids is 1. The lowest BCUT2D eigenvalue weighted by Crippen LogP contribution is -2.09. The number of hydrogen-bond donors (Lipinski definition) is 0. The standard InChI is InChI=1S/C13H7Cl2NOS/c14-10-4-3-8(6-11(10)15)13(17)9(7-16)12-2-1-5-18-12/h1-6,9H. The number of halogens is 2. The van der Waals surface area contributed by atoms with E-state index in [2.05, 4.69) is 0 Å². The lowest BCUT2D eigenvalue weighted by atomic mass is 9.97. The molecule has 18 heavy (non-hydrogen) atoms. The maximum Gasteiger partial charge on any atom is 0.185 e. The second-order valence-corrected chi connectivity index (χ2v) is 5.36. The summed E-state index contributed by atoms with van der Waals surface area (Å²) in [4.78, 5) is 13.0. The van der Waals surface area contributed by atoms with Crippen molar-refractivity contribution in [1.82, 2.24) is 0 Å². The highest BCUT2D eigenvalue weighted by molar-refractivity contribution is 7.10. The van der Waals surface area contributed by atoms with Crippen LogP contribution in [0.4, 0.5) is 0 Å². The lowest BCUT2D eigenvalue weighted by Gasteiger charge is -2.06. The number of benzene rings is 1. The average molecular weight is 296 g/mol. The number of nitrogens with zero attached hydrogens (tertiary/aromatic N) is 1. The third-order valence-corrected chi connectivity index (χ3v) is 4.10. The Balaban J connectivity index is 2.36. The molecule has 1 unspecified atom stereocenters. The van der Waals surface area contributed by atoms with Crippen molar-refractivity contribution in [2.45, 2.75) is 5.92 Å². The second-order valence-electron chi connectivity index (χ2n) is 3.57. The summed E-state index contributed by atoms with van der Waals surface area (Å²) in [7, 11) is 0. The fraction of sp³-hybridized carbons (Fsp3) is 0.0769. The van der Waals surface area contributed by atoms with Crippen LogP contribution < -0.4 is 0 Å². The van der Waals surface area contributed by atoms with E-state index < -0.39 is 5.92 Å². The molecule has 0 aliphatic rings. The van der Waals surface area contributed by atoms with Crippen molar-refractivity contribution >= 4 is 40.3 Å². The number of hydrogen-bond acceptors (Lipinski definition) is 3. The Morgan fingerprint density at radius 2 is 2.06 bits per heavy atom. The van der Waals surface area contributed by atoms with E-state index in [9.17, 15) is 4.79 Å². The Bertz CT molecular complexity index is 616. The molecule has 0 saturated carbocycles. The van der Waals surface area contributed by atoms with Gasteiger partial charge in [0, 0.05) is 10.4 Å². The molecule has 0 saturated heterocycles. The van der Waals surface area contributed by atoms with Crippen molar-refractivity contribution in [3.8, 4) is 6.07 Å². The third kappa shape index (κ3) is 2.56. The van der Waals surface area contributed by atoms with Crippen molar-refractivity contribution in [2.75, 3.05) is 0 Å².